The quantitative estimate of drug-likeness (QED) is 0.567. The molecule has 0 aromatic heterocycles. The molecule has 0 spiro atoms. The molecule has 1 amide bonds. The summed E-state index contributed by atoms with van der Waals surface area (Å²) in [5, 5.41) is 15.1. The molecular weight excluding hydrogens is 304 g/mol. The summed E-state index contributed by atoms with van der Waals surface area (Å²) in [5.74, 6) is -2.90. The molecule has 0 fully saturated rings. The van der Waals surface area contributed by atoms with Gasteiger partial charge in [0.05, 0.1) is 7.11 Å². The Morgan fingerprint density at radius 3 is 2.52 bits per heavy atom. The molecule has 0 heterocycles. The summed E-state index contributed by atoms with van der Waals surface area (Å²) < 4.78 is 4.96. The van der Waals surface area contributed by atoms with Crippen LogP contribution in [0.5, 0.6) is 0 Å². The molecule has 0 saturated carbocycles. The fourth-order valence-corrected chi connectivity index (χ4v) is 2.61. The molecule has 0 bridgehead atoms. The van der Waals surface area contributed by atoms with Crippen LogP contribution in [0.4, 0.5) is 0 Å². The molecule has 1 rings (SSSR count). The molecule has 3 atom stereocenters. The maximum atomic E-state index is 12.0. The minimum Gasteiger partial charge on any atom is -0.502 e. The Kier molecular flexibility index (Phi) is 6.74. The minimum atomic E-state index is -0.949. The van der Waals surface area contributed by atoms with Crippen LogP contribution in [0.15, 0.2) is 33.5 Å². The molecule has 8 nitrogen and oxygen atoms in total. The summed E-state index contributed by atoms with van der Waals surface area (Å²) in [6, 6.07) is -0.949. The van der Waals surface area contributed by atoms with Gasteiger partial charge in [-0.25, -0.2) is 0 Å². The topological polar surface area (TPSA) is 122 Å². The van der Waals surface area contributed by atoms with E-state index in [1.165, 1.54) is 7.11 Å². The van der Waals surface area contributed by atoms with Gasteiger partial charge in [-0.3, -0.25) is 9.59 Å². The van der Waals surface area contributed by atoms with Gasteiger partial charge < -0.3 is 9.84 Å². The first-order valence-corrected chi connectivity index (χ1v) is 7.22. The lowest BCUT2D eigenvalue weighted by molar-refractivity contribution is -0.124. The van der Waals surface area contributed by atoms with E-state index >= 15 is 0 Å². The zero-order chi connectivity index (χ0) is 17.6. The maximum Gasteiger partial charge on any atom is 0.286 e. The van der Waals surface area contributed by atoms with Crippen LogP contribution in [0.1, 0.15) is 33.1 Å². The number of ketones is 1. The number of aliphatic hydroxyl groups excluding tert-OH is 1. The fourth-order valence-electron chi connectivity index (χ4n) is 2.61. The summed E-state index contributed by atoms with van der Waals surface area (Å²) in [6.07, 6.45) is 2.54. The molecule has 1 aliphatic carbocycles. The van der Waals surface area contributed by atoms with Gasteiger partial charge in [0.1, 0.15) is 0 Å². The Balaban J connectivity index is 2.89. The molecule has 0 aliphatic heterocycles. The smallest absolute Gasteiger partial charge is 0.286 e. The van der Waals surface area contributed by atoms with Gasteiger partial charge in [0, 0.05) is 23.4 Å². The van der Waals surface area contributed by atoms with E-state index in [0.717, 1.165) is 5.57 Å². The van der Waals surface area contributed by atoms with E-state index in [1.807, 2.05) is 0 Å². The first kappa shape index (κ1) is 18.7. The number of ether oxygens (including phenoxy) is 1. The third kappa shape index (κ3) is 4.30. The number of nitrogens with zero attached hydrogens (tertiary/aromatic N) is 2. The third-order valence-electron chi connectivity index (χ3n) is 4.10. The van der Waals surface area contributed by atoms with Crippen LogP contribution in [0.25, 0.3) is 0 Å². The van der Waals surface area contributed by atoms with Crippen molar-refractivity contribution in [3.05, 3.63) is 33.0 Å². The van der Waals surface area contributed by atoms with Gasteiger partial charge in [-0.15, -0.1) is 4.91 Å². The second-order valence-corrected chi connectivity index (χ2v) is 5.56. The van der Waals surface area contributed by atoms with Gasteiger partial charge in [-0.2, -0.15) is 4.91 Å². The van der Waals surface area contributed by atoms with Crippen molar-refractivity contribution in [3.63, 3.8) is 0 Å². The summed E-state index contributed by atoms with van der Waals surface area (Å²) in [7, 11) is 1.27. The summed E-state index contributed by atoms with van der Waals surface area (Å²) in [6.45, 7) is 3.40. The summed E-state index contributed by atoms with van der Waals surface area (Å²) >= 11 is 0. The van der Waals surface area contributed by atoms with Crippen LogP contribution >= 0.6 is 0 Å². The normalized spacial score (nSPS) is 25.3. The second-order valence-electron chi connectivity index (χ2n) is 5.56. The molecular formula is C15H20N2O6. The van der Waals surface area contributed by atoms with Crippen molar-refractivity contribution >= 4 is 11.7 Å². The van der Waals surface area contributed by atoms with E-state index < -0.39 is 35.3 Å². The highest BCUT2D eigenvalue weighted by Crippen LogP contribution is 2.36. The molecule has 8 heteroatoms. The SMILES string of the molecule is COC1=C(O)C(=O)C(C)C(C/C=C(\C)CCC(=O)N=O)C1N=O. The van der Waals surface area contributed by atoms with Crippen LogP contribution in [0.3, 0.4) is 0 Å². The standard InChI is InChI=1S/C15H20N2O6/c1-8(5-7-11(18)16-21)4-6-10-9(2)13(19)14(20)15(23-3)12(10)17-22/h4,9-10,12,20H,5-7H2,1-3H3/b8-4+. The van der Waals surface area contributed by atoms with Crippen LogP contribution in [0, 0.1) is 21.6 Å². The Bertz CT molecular complexity index is 566. The highest BCUT2D eigenvalue weighted by atomic mass is 16.5. The van der Waals surface area contributed by atoms with E-state index in [2.05, 4.69) is 10.4 Å². The lowest BCUT2D eigenvalue weighted by atomic mass is 9.76. The van der Waals surface area contributed by atoms with Gasteiger partial charge >= 0.3 is 0 Å². The van der Waals surface area contributed by atoms with Crippen molar-refractivity contribution in [2.24, 2.45) is 22.2 Å². The fraction of sp³-hybridized carbons (Fsp3) is 0.600. The molecule has 0 radical (unpaired) electrons. The highest BCUT2D eigenvalue weighted by molar-refractivity contribution is 5.96. The number of amides is 1. The van der Waals surface area contributed by atoms with Crippen molar-refractivity contribution in [3.8, 4) is 0 Å². The number of nitroso groups, excluding NO2 is 2. The number of aliphatic hydroxyl groups is 1. The third-order valence-corrected chi connectivity index (χ3v) is 4.10. The van der Waals surface area contributed by atoms with Crippen molar-refractivity contribution < 1.29 is 19.4 Å². The van der Waals surface area contributed by atoms with E-state index in [-0.39, 0.29) is 12.2 Å². The Morgan fingerprint density at radius 2 is 2.00 bits per heavy atom. The van der Waals surface area contributed by atoms with E-state index in [1.54, 1.807) is 19.9 Å². The average molecular weight is 324 g/mol. The number of Topliss-reactive ketones (excluding diaryl/α,β-unsaturated/α-hetero) is 1. The zero-order valence-electron chi connectivity index (χ0n) is 13.3. The predicted octanol–water partition coefficient (Wildman–Crippen LogP) is 2.78. The van der Waals surface area contributed by atoms with Crippen LogP contribution in [0.2, 0.25) is 0 Å². The Labute approximate surface area is 133 Å². The minimum absolute atomic E-state index is 0.0182. The molecule has 126 valence electrons. The molecule has 0 saturated heterocycles. The summed E-state index contributed by atoms with van der Waals surface area (Å²) in [4.78, 5) is 44.1. The number of rotatable bonds is 7. The van der Waals surface area contributed by atoms with Gasteiger partial charge in [0.2, 0.25) is 5.78 Å². The highest BCUT2D eigenvalue weighted by Gasteiger charge is 2.43. The zero-order valence-corrected chi connectivity index (χ0v) is 13.3. The van der Waals surface area contributed by atoms with Crippen molar-refractivity contribution in [2.45, 2.75) is 39.2 Å². The molecule has 1 aliphatic rings. The van der Waals surface area contributed by atoms with Gasteiger partial charge in [0.25, 0.3) is 5.91 Å². The predicted molar refractivity (Wildman–Crippen MR) is 82.3 cm³/mol. The number of allylic oxidation sites excluding steroid dienone is 3. The first-order valence-electron chi connectivity index (χ1n) is 7.22. The molecule has 1 N–H and O–H groups in total. The number of carbonyl (C=O) groups excluding carboxylic acids is 2. The molecule has 0 aromatic rings. The largest absolute Gasteiger partial charge is 0.502 e. The molecule has 23 heavy (non-hydrogen) atoms. The summed E-state index contributed by atoms with van der Waals surface area (Å²) in [5.41, 5.74) is 0.837. The average Bonchev–Trinajstić information content (AvgIpc) is 2.56. The van der Waals surface area contributed by atoms with Crippen molar-refractivity contribution in [2.75, 3.05) is 7.11 Å². The van der Waals surface area contributed by atoms with E-state index in [4.69, 9.17) is 4.74 Å². The lowest BCUT2D eigenvalue weighted by Crippen LogP contribution is -2.38. The first-order chi connectivity index (χ1) is 10.9. The van der Waals surface area contributed by atoms with Gasteiger partial charge in [0.15, 0.2) is 17.6 Å². The van der Waals surface area contributed by atoms with Gasteiger partial charge in [-0.05, 0) is 19.8 Å². The number of hydrogen-bond donors (Lipinski definition) is 1. The Hall–Kier alpha value is -2.38. The van der Waals surface area contributed by atoms with E-state index in [0.29, 0.717) is 12.8 Å². The number of carbonyl (C=O) groups is 2. The maximum absolute atomic E-state index is 12.0. The number of methoxy groups -OCH3 is 1. The second kappa shape index (κ2) is 8.30. The number of hydrogen-bond acceptors (Lipinski definition) is 7. The molecule has 0 aromatic carbocycles. The van der Waals surface area contributed by atoms with Gasteiger partial charge in [-0.1, -0.05) is 23.7 Å². The van der Waals surface area contributed by atoms with E-state index in [9.17, 15) is 24.5 Å². The monoisotopic (exact) mass is 324 g/mol. The lowest BCUT2D eigenvalue weighted by Gasteiger charge is -2.31. The molecule has 3 unspecified atom stereocenters. The Morgan fingerprint density at radius 1 is 1.35 bits per heavy atom. The van der Waals surface area contributed by atoms with Crippen molar-refractivity contribution in [1.29, 1.82) is 0 Å². The van der Waals surface area contributed by atoms with Crippen LogP contribution in [-0.2, 0) is 14.3 Å². The van der Waals surface area contributed by atoms with Crippen LogP contribution in [-0.4, -0.2) is 29.9 Å². The van der Waals surface area contributed by atoms with Crippen molar-refractivity contribution in [1.82, 2.24) is 0 Å². The van der Waals surface area contributed by atoms with Crippen LogP contribution < -0.4 is 0 Å².